The number of esters is 2. The van der Waals surface area contributed by atoms with Gasteiger partial charge >= 0.3 is 11.9 Å². The summed E-state index contributed by atoms with van der Waals surface area (Å²) >= 11 is 3.04. The second-order valence-corrected chi connectivity index (χ2v) is 12.0. The first-order valence-corrected chi connectivity index (χ1v) is 11.1. The predicted octanol–water partition coefficient (Wildman–Crippen LogP) is 1.86. The quantitative estimate of drug-likeness (QED) is 0.154. The lowest BCUT2D eigenvalue weighted by atomic mass is 10.3. The summed E-state index contributed by atoms with van der Waals surface area (Å²) in [6.07, 6.45) is 0. The van der Waals surface area contributed by atoms with Crippen LogP contribution in [0.2, 0.25) is 25.7 Å². The van der Waals surface area contributed by atoms with Crippen LogP contribution in [0.4, 0.5) is 0 Å². The van der Waals surface area contributed by atoms with Crippen LogP contribution in [0, 0.1) is 5.41 Å². The molecule has 7 nitrogen and oxygen atoms in total. The fraction of sp³-hybridized carbons (Fsp3) is 0.615. The molecule has 0 fully saturated rings. The van der Waals surface area contributed by atoms with E-state index in [9.17, 15) is 9.59 Å². The second kappa shape index (κ2) is 9.75. The summed E-state index contributed by atoms with van der Waals surface area (Å²) in [5, 5.41) is 10.4. The summed E-state index contributed by atoms with van der Waals surface area (Å²) in [4.78, 5) is 23.1. The number of ether oxygens (including phenoxy) is 3. The minimum absolute atomic E-state index is 0.0417. The molecule has 0 aliphatic heterocycles. The first-order chi connectivity index (χ1) is 10.1. The standard InChI is InChI=1S/C13H23BrN2O5Si/c1-19-12(17)10(15)9(14)11(13(18)20-2)16-8-21-6-7-22(3,4)5/h15-16H,6-8H2,1-5H3/b11-9+,15-10?. The van der Waals surface area contributed by atoms with Gasteiger partial charge in [0.05, 0.1) is 18.7 Å². The molecule has 2 N–H and O–H groups in total. The smallest absolute Gasteiger partial charge is 0.357 e. The molecule has 0 aromatic rings. The lowest BCUT2D eigenvalue weighted by Gasteiger charge is -2.16. The van der Waals surface area contributed by atoms with Crippen LogP contribution < -0.4 is 5.32 Å². The van der Waals surface area contributed by atoms with E-state index in [2.05, 4.69) is 50.4 Å². The maximum atomic E-state index is 11.7. The van der Waals surface area contributed by atoms with Gasteiger partial charge in [-0.3, -0.25) is 5.41 Å². The highest BCUT2D eigenvalue weighted by molar-refractivity contribution is 9.12. The molecule has 0 atom stereocenters. The summed E-state index contributed by atoms with van der Waals surface area (Å²) in [5.74, 6) is -1.58. The van der Waals surface area contributed by atoms with Crippen LogP contribution in [-0.4, -0.2) is 53.3 Å². The Kier molecular flexibility index (Phi) is 9.22. The van der Waals surface area contributed by atoms with Crippen molar-refractivity contribution in [1.82, 2.24) is 5.32 Å². The van der Waals surface area contributed by atoms with Crippen LogP contribution in [0.5, 0.6) is 0 Å². The van der Waals surface area contributed by atoms with Crippen molar-refractivity contribution in [1.29, 1.82) is 5.41 Å². The summed E-state index contributed by atoms with van der Waals surface area (Å²) in [7, 11) is 1.18. The average molecular weight is 395 g/mol. The molecule has 0 aromatic carbocycles. The van der Waals surface area contributed by atoms with Gasteiger partial charge in [-0.2, -0.15) is 0 Å². The molecule has 0 unspecified atom stereocenters. The van der Waals surface area contributed by atoms with Crippen molar-refractivity contribution in [3.8, 4) is 0 Å². The SMILES string of the molecule is COC(=O)C(=N)/C(Br)=C(\NCOCC[Si](C)(C)C)C(=O)OC. The van der Waals surface area contributed by atoms with Gasteiger partial charge in [-0.1, -0.05) is 19.6 Å². The van der Waals surface area contributed by atoms with Crippen LogP contribution in [-0.2, 0) is 23.8 Å². The Morgan fingerprint density at radius 3 is 2.14 bits per heavy atom. The number of hydrogen-bond acceptors (Lipinski definition) is 7. The molecule has 0 rings (SSSR count). The van der Waals surface area contributed by atoms with Gasteiger partial charge < -0.3 is 19.5 Å². The van der Waals surface area contributed by atoms with Gasteiger partial charge in [0, 0.05) is 14.7 Å². The third kappa shape index (κ3) is 7.71. The van der Waals surface area contributed by atoms with E-state index in [0.29, 0.717) is 6.61 Å². The molecule has 0 saturated heterocycles. The van der Waals surface area contributed by atoms with Crippen LogP contribution >= 0.6 is 15.9 Å². The molecule has 0 radical (unpaired) electrons. The molecule has 0 amide bonds. The van der Waals surface area contributed by atoms with Crippen molar-refractivity contribution in [3.05, 3.63) is 10.2 Å². The van der Waals surface area contributed by atoms with Crippen LogP contribution in [0.3, 0.4) is 0 Å². The molecule has 0 bridgehead atoms. The van der Waals surface area contributed by atoms with E-state index in [0.717, 1.165) is 13.2 Å². The van der Waals surface area contributed by atoms with E-state index in [-0.39, 0.29) is 16.9 Å². The van der Waals surface area contributed by atoms with Crippen molar-refractivity contribution in [2.75, 3.05) is 27.6 Å². The molecule has 0 aromatic heterocycles. The lowest BCUT2D eigenvalue weighted by Crippen LogP contribution is -2.29. The van der Waals surface area contributed by atoms with E-state index in [4.69, 9.17) is 10.1 Å². The van der Waals surface area contributed by atoms with Gasteiger partial charge in [-0.15, -0.1) is 0 Å². The molecule has 126 valence electrons. The van der Waals surface area contributed by atoms with E-state index in [1.807, 2.05) is 0 Å². The first kappa shape index (κ1) is 20.8. The number of rotatable bonds is 9. The number of hydrogen-bond donors (Lipinski definition) is 2. The normalized spacial score (nSPS) is 12.3. The Balaban J connectivity index is 4.76. The fourth-order valence-corrected chi connectivity index (χ4v) is 2.45. The molecule has 9 heteroatoms. The fourth-order valence-electron chi connectivity index (χ4n) is 1.23. The third-order valence-corrected chi connectivity index (χ3v) is 5.06. The van der Waals surface area contributed by atoms with E-state index >= 15 is 0 Å². The van der Waals surface area contributed by atoms with E-state index in [1.165, 1.54) is 7.11 Å². The molecule has 0 aliphatic rings. The van der Waals surface area contributed by atoms with Gasteiger partial charge in [0.2, 0.25) is 0 Å². The highest BCUT2D eigenvalue weighted by atomic mass is 79.9. The number of nitrogens with one attached hydrogen (secondary N) is 2. The number of halogens is 1. The van der Waals surface area contributed by atoms with Crippen LogP contribution in [0.1, 0.15) is 0 Å². The number of carbonyl (C=O) groups is 2. The minimum Gasteiger partial charge on any atom is -0.464 e. The Bertz CT molecular complexity index is 460. The van der Waals surface area contributed by atoms with E-state index < -0.39 is 25.7 Å². The number of methoxy groups -OCH3 is 2. The van der Waals surface area contributed by atoms with Gasteiger partial charge in [-0.05, 0) is 22.0 Å². The lowest BCUT2D eigenvalue weighted by molar-refractivity contribution is -0.136. The predicted molar refractivity (Wildman–Crippen MR) is 89.8 cm³/mol. The van der Waals surface area contributed by atoms with Gasteiger partial charge in [-0.25, -0.2) is 9.59 Å². The molecular formula is C13H23BrN2O5Si. The maximum Gasteiger partial charge on any atom is 0.357 e. The molecule has 0 spiro atoms. The third-order valence-electron chi connectivity index (χ3n) is 2.57. The molecule has 0 heterocycles. The summed E-state index contributed by atoms with van der Waals surface area (Å²) < 4.78 is 14.4. The molecular weight excluding hydrogens is 372 g/mol. The summed E-state index contributed by atoms with van der Waals surface area (Å²) in [5.41, 5.74) is -0.552. The van der Waals surface area contributed by atoms with Crippen molar-refractivity contribution in [2.45, 2.75) is 25.7 Å². The maximum absolute atomic E-state index is 11.7. The summed E-state index contributed by atoms with van der Waals surface area (Å²) in [6.45, 7) is 7.34. The van der Waals surface area contributed by atoms with Crippen molar-refractivity contribution >= 4 is 41.7 Å². The second-order valence-electron chi connectivity index (χ2n) is 5.59. The monoisotopic (exact) mass is 394 g/mol. The average Bonchev–Trinajstić information content (AvgIpc) is 2.46. The van der Waals surface area contributed by atoms with E-state index in [1.54, 1.807) is 0 Å². The minimum atomic E-state index is -1.18. The Hall–Kier alpha value is -1.19. The Morgan fingerprint density at radius 1 is 1.14 bits per heavy atom. The first-order valence-electron chi connectivity index (χ1n) is 6.61. The van der Waals surface area contributed by atoms with Crippen molar-refractivity contribution in [3.63, 3.8) is 0 Å². The topological polar surface area (TPSA) is 97.7 Å². The Morgan fingerprint density at radius 2 is 1.68 bits per heavy atom. The van der Waals surface area contributed by atoms with Crippen LogP contribution in [0.25, 0.3) is 0 Å². The van der Waals surface area contributed by atoms with Gasteiger partial charge in [0.1, 0.15) is 12.4 Å². The zero-order valence-electron chi connectivity index (χ0n) is 13.5. The largest absolute Gasteiger partial charge is 0.464 e. The van der Waals surface area contributed by atoms with Crippen molar-refractivity contribution in [2.24, 2.45) is 0 Å². The van der Waals surface area contributed by atoms with Gasteiger partial charge in [0.15, 0.2) is 5.71 Å². The van der Waals surface area contributed by atoms with Crippen LogP contribution in [0.15, 0.2) is 10.2 Å². The van der Waals surface area contributed by atoms with Gasteiger partial charge in [0.25, 0.3) is 0 Å². The summed E-state index contributed by atoms with van der Waals surface area (Å²) in [6, 6.07) is 0.991. The Labute approximate surface area is 140 Å². The highest BCUT2D eigenvalue weighted by Gasteiger charge is 2.22. The van der Waals surface area contributed by atoms with Crippen molar-refractivity contribution < 1.29 is 23.8 Å². The molecule has 22 heavy (non-hydrogen) atoms. The molecule has 0 aliphatic carbocycles. The molecule has 0 saturated carbocycles. The zero-order chi connectivity index (χ0) is 17.3. The number of carbonyl (C=O) groups excluding carboxylic acids is 2. The highest BCUT2D eigenvalue weighted by Crippen LogP contribution is 2.14. The zero-order valence-corrected chi connectivity index (χ0v) is 16.1.